The van der Waals surface area contributed by atoms with E-state index < -0.39 is 30.1 Å². The van der Waals surface area contributed by atoms with E-state index in [1.165, 1.54) is 7.11 Å². The first-order valence-electron chi connectivity index (χ1n) is 9.16. The van der Waals surface area contributed by atoms with E-state index in [2.05, 4.69) is 10.6 Å². The van der Waals surface area contributed by atoms with Gasteiger partial charge in [0.25, 0.3) is 0 Å². The first-order chi connectivity index (χ1) is 13.2. The zero-order valence-electron chi connectivity index (χ0n) is 17.3. The van der Waals surface area contributed by atoms with Crippen molar-refractivity contribution in [2.75, 3.05) is 14.2 Å². The molecule has 0 fully saturated rings. The minimum atomic E-state index is -0.815. The summed E-state index contributed by atoms with van der Waals surface area (Å²) in [7, 11) is 2.84. The Morgan fingerprint density at radius 1 is 0.964 bits per heavy atom. The molecule has 0 aliphatic heterocycles. The molecule has 0 aliphatic carbocycles. The van der Waals surface area contributed by atoms with Crippen LogP contribution in [0.3, 0.4) is 0 Å². The number of methoxy groups -OCH3 is 2. The molecule has 28 heavy (non-hydrogen) atoms. The molecule has 8 heteroatoms. The molecule has 1 unspecified atom stereocenters. The predicted octanol–water partition coefficient (Wildman–Crippen LogP) is 2.57. The Hall–Kier alpha value is -2.77. The summed E-state index contributed by atoms with van der Waals surface area (Å²) in [6.45, 7) is 7.06. The van der Waals surface area contributed by atoms with Crippen LogP contribution in [0.1, 0.15) is 45.7 Å². The molecule has 0 aliphatic rings. The second-order valence-corrected chi connectivity index (χ2v) is 6.93. The largest absolute Gasteiger partial charge is 0.497 e. The summed E-state index contributed by atoms with van der Waals surface area (Å²) in [6, 6.07) is 5.57. The molecule has 0 bridgehead atoms. The van der Waals surface area contributed by atoms with E-state index in [9.17, 15) is 14.4 Å². The van der Waals surface area contributed by atoms with Crippen LogP contribution in [0.2, 0.25) is 0 Å². The summed E-state index contributed by atoms with van der Waals surface area (Å²) in [4.78, 5) is 36.6. The van der Waals surface area contributed by atoms with E-state index in [0.29, 0.717) is 11.3 Å². The number of carbonyl (C=O) groups is 3. The number of esters is 1. The summed E-state index contributed by atoms with van der Waals surface area (Å²) in [5, 5.41) is 5.41. The van der Waals surface area contributed by atoms with Gasteiger partial charge in [0.15, 0.2) is 0 Å². The van der Waals surface area contributed by atoms with Gasteiger partial charge in [0.1, 0.15) is 11.8 Å². The van der Waals surface area contributed by atoms with Crippen molar-refractivity contribution in [1.29, 1.82) is 0 Å². The molecule has 0 aromatic heterocycles. The number of carbonyl (C=O) groups excluding carboxylic acids is 3. The van der Waals surface area contributed by atoms with Crippen LogP contribution in [0.5, 0.6) is 5.75 Å². The molecular formula is C20H30N2O6. The molecule has 1 aromatic rings. The standard InChI is InChI=1S/C20H30N2O6/c1-12(2)18(22-20(25)28-13(3)4)19(24)21-16(11-17(23)27-6)14-7-9-15(26-5)10-8-14/h7-10,12-13,16,18H,11H2,1-6H3,(H,21,24)(H,22,25)/t16?,18-/m0/s1. The second-order valence-electron chi connectivity index (χ2n) is 6.93. The molecular weight excluding hydrogens is 364 g/mol. The molecule has 1 aromatic carbocycles. The smallest absolute Gasteiger partial charge is 0.408 e. The van der Waals surface area contributed by atoms with Crippen molar-refractivity contribution < 1.29 is 28.6 Å². The molecule has 2 atom stereocenters. The Bertz CT molecular complexity index is 657. The average Bonchev–Trinajstić information content (AvgIpc) is 2.64. The SMILES string of the molecule is COC(=O)CC(NC(=O)[C@@H](NC(=O)OC(C)C)C(C)C)c1ccc(OC)cc1. The first kappa shape index (κ1) is 23.3. The first-order valence-corrected chi connectivity index (χ1v) is 9.16. The fourth-order valence-corrected chi connectivity index (χ4v) is 2.51. The molecule has 0 spiro atoms. The van der Waals surface area contributed by atoms with E-state index in [-0.39, 0.29) is 18.4 Å². The molecule has 2 amide bonds. The second kappa shape index (κ2) is 11.2. The van der Waals surface area contributed by atoms with E-state index in [0.717, 1.165) is 0 Å². The summed E-state index contributed by atoms with van der Waals surface area (Å²) in [5.74, 6) is -0.408. The van der Waals surface area contributed by atoms with Crippen LogP contribution < -0.4 is 15.4 Å². The molecule has 2 N–H and O–H groups in total. The normalized spacial score (nSPS) is 12.9. The van der Waals surface area contributed by atoms with Crippen molar-refractivity contribution in [3.05, 3.63) is 29.8 Å². The molecule has 156 valence electrons. The van der Waals surface area contributed by atoms with Crippen LogP contribution in [0, 0.1) is 5.92 Å². The minimum absolute atomic E-state index is 0.0458. The van der Waals surface area contributed by atoms with Gasteiger partial charge in [-0.25, -0.2) is 4.79 Å². The van der Waals surface area contributed by atoms with Crippen LogP contribution >= 0.6 is 0 Å². The Balaban J connectivity index is 2.97. The van der Waals surface area contributed by atoms with Crippen molar-refractivity contribution in [3.63, 3.8) is 0 Å². The summed E-state index contributed by atoms with van der Waals surface area (Å²) in [6.07, 6.45) is -1.02. The number of hydrogen-bond donors (Lipinski definition) is 2. The van der Waals surface area contributed by atoms with E-state index in [1.807, 2.05) is 13.8 Å². The maximum absolute atomic E-state index is 12.8. The number of ether oxygens (including phenoxy) is 3. The lowest BCUT2D eigenvalue weighted by Crippen LogP contribution is -2.51. The number of alkyl carbamates (subject to hydrolysis) is 1. The topological polar surface area (TPSA) is 103 Å². The molecule has 0 saturated heterocycles. The highest BCUT2D eigenvalue weighted by Gasteiger charge is 2.28. The zero-order valence-corrected chi connectivity index (χ0v) is 17.3. The lowest BCUT2D eigenvalue weighted by molar-refractivity contribution is -0.141. The summed E-state index contributed by atoms with van der Waals surface area (Å²) >= 11 is 0. The predicted molar refractivity (Wildman–Crippen MR) is 104 cm³/mol. The number of rotatable bonds is 9. The van der Waals surface area contributed by atoms with Gasteiger partial charge in [-0.3, -0.25) is 9.59 Å². The number of amides is 2. The minimum Gasteiger partial charge on any atom is -0.497 e. The van der Waals surface area contributed by atoms with E-state index in [4.69, 9.17) is 14.2 Å². The van der Waals surface area contributed by atoms with Crippen molar-refractivity contribution in [1.82, 2.24) is 10.6 Å². The zero-order chi connectivity index (χ0) is 21.3. The van der Waals surface area contributed by atoms with Gasteiger partial charge in [0.05, 0.1) is 32.8 Å². The highest BCUT2D eigenvalue weighted by atomic mass is 16.6. The van der Waals surface area contributed by atoms with Crippen LogP contribution in [0.15, 0.2) is 24.3 Å². The van der Waals surface area contributed by atoms with Gasteiger partial charge < -0.3 is 24.8 Å². The third kappa shape index (κ3) is 7.46. The van der Waals surface area contributed by atoms with E-state index >= 15 is 0 Å². The van der Waals surface area contributed by atoms with Gasteiger partial charge >= 0.3 is 12.1 Å². The fraction of sp³-hybridized carbons (Fsp3) is 0.550. The van der Waals surface area contributed by atoms with Crippen LogP contribution in [-0.4, -0.2) is 44.3 Å². The Kier molecular flexibility index (Phi) is 9.27. The summed E-state index contributed by atoms with van der Waals surface area (Å²) < 4.78 is 14.9. The van der Waals surface area contributed by atoms with Crippen molar-refractivity contribution in [3.8, 4) is 5.75 Å². The summed E-state index contributed by atoms with van der Waals surface area (Å²) in [5.41, 5.74) is 0.715. The van der Waals surface area contributed by atoms with Crippen LogP contribution in [0.4, 0.5) is 4.79 Å². The van der Waals surface area contributed by atoms with Gasteiger partial charge in [-0.1, -0.05) is 26.0 Å². The lowest BCUT2D eigenvalue weighted by Gasteiger charge is -2.25. The highest BCUT2D eigenvalue weighted by molar-refractivity contribution is 5.86. The van der Waals surface area contributed by atoms with Gasteiger partial charge in [0.2, 0.25) is 5.91 Å². The molecule has 0 radical (unpaired) electrons. The lowest BCUT2D eigenvalue weighted by atomic mass is 10.00. The maximum atomic E-state index is 12.8. The quantitative estimate of drug-likeness (QED) is 0.624. The van der Waals surface area contributed by atoms with Gasteiger partial charge in [-0.2, -0.15) is 0 Å². The molecule has 1 rings (SSSR count). The monoisotopic (exact) mass is 394 g/mol. The van der Waals surface area contributed by atoms with Crippen molar-refractivity contribution in [2.45, 2.75) is 52.3 Å². The fourth-order valence-electron chi connectivity index (χ4n) is 2.51. The van der Waals surface area contributed by atoms with Crippen molar-refractivity contribution in [2.24, 2.45) is 5.92 Å². The van der Waals surface area contributed by atoms with Crippen molar-refractivity contribution >= 4 is 18.0 Å². The Morgan fingerprint density at radius 3 is 2.04 bits per heavy atom. The Morgan fingerprint density at radius 2 is 1.57 bits per heavy atom. The van der Waals surface area contributed by atoms with Gasteiger partial charge in [0, 0.05) is 0 Å². The Labute approximate surface area is 165 Å². The molecule has 0 saturated carbocycles. The average molecular weight is 394 g/mol. The number of nitrogens with one attached hydrogen (secondary N) is 2. The van der Waals surface area contributed by atoms with Gasteiger partial charge in [-0.15, -0.1) is 0 Å². The third-order valence-electron chi connectivity index (χ3n) is 4.00. The van der Waals surface area contributed by atoms with Crippen LogP contribution in [-0.2, 0) is 19.1 Å². The van der Waals surface area contributed by atoms with Crippen LogP contribution in [0.25, 0.3) is 0 Å². The molecule has 0 heterocycles. The number of benzene rings is 1. The maximum Gasteiger partial charge on any atom is 0.408 e. The highest BCUT2D eigenvalue weighted by Crippen LogP contribution is 2.21. The number of hydrogen-bond acceptors (Lipinski definition) is 6. The van der Waals surface area contributed by atoms with E-state index in [1.54, 1.807) is 45.2 Å². The third-order valence-corrected chi connectivity index (χ3v) is 4.00. The van der Waals surface area contributed by atoms with Gasteiger partial charge in [-0.05, 0) is 37.5 Å². The molecule has 8 nitrogen and oxygen atoms in total.